The number of hydrogen-bond acceptors (Lipinski definition) is 3. The molecule has 0 atom stereocenters. The number of H-pyrrole nitrogens is 2. The minimum atomic E-state index is -0.613. The van der Waals surface area contributed by atoms with Gasteiger partial charge >= 0.3 is 11.1 Å². The quantitative estimate of drug-likeness (QED) is 0.441. The molecule has 0 radical (unpaired) electrons. The fraction of sp³-hybridized carbons (Fsp3) is 0.280. The third-order valence-electron chi connectivity index (χ3n) is 5.57. The molecule has 2 N–H and O–H groups in total. The Balaban J connectivity index is 1.41. The van der Waals surface area contributed by atoms with E-state index in [2.05, 4.69) is 64.3 Å². The minimum Gasteiger partial charge on any atom is -0.316 e. The Kier molecular flexibility index (Phi) is 6.10. The van der Waals surface area contributed by atoms with Crippen LogP contribution in [0.1, 0.15) is 24.5 Å². The highest BCUT2D eigenvalue weighted by atomic mass is 16.2. The van der Waals surface area contributed by atoms with E-state index in [-0.39, 0.29) is 0 Å². The van der Waals surface area contributed by atoms with Gasteiger partial charge in [0, 0.05) is 13.1 Å². The zero-order valence-electron chi connectivity index (χ0n) is 17.3. The second kappa shape index (κ2) is 9.09. The first-order chi connectivity index (χ1) is 14.6. The summed E-state index contributed by atoms with van der Waals surface area (Å²) in [4.78, 5) is 30.8. The number of aromatic nitrogens is 2. The molecule has 0 aliphatic carbocycles. The molecular weight excluding hydrogens is 374 g/mol. The van der Waals surface area contributed by atoms with Gasteiger partial charge in [-0.15, -0.1) is 0 Å². The van der Waals surface area contributed by atoms with Gasteiger partial charge in [-0.25, -0.2) is 0 Å². The largest absolute Gasteiger partial charge is 0.316 e. The van der Waals surface area contributed by atoms with E-state index < -0.39 is 11.1 Å². The Morgan fingerprint density at radius 3 is 2.07 bits per heavy atom. The molecule has 0 unspecified atom stereocenters. The second-order valence-electron chi connectivity index (χ2n) is 7.81. The van der Waals surface area contributed by atoms with Crippen LogP contribution in [-0.2, 0) is 12.8 Å². The Bertz CT molecular complexity index is 1270. The van der Waals surface area contributed by atoms with Crippen LogP contribution in [0.25, 0.3) is 21.8 Å². The highest BCUT2D eigenvalue weighted by molar-refractivity contribution is 5.83. The highest BCUT2D eigenvalue weighted by Crippen LogP contribution is 2.16. The van der Waals surface area contributed by atoms with Crippen molar-refractivity contribution in [2.45, 2.75) is 26.2 Å². The monoisotopic (exact) mass is 401 g/mol. The van der Waals surface area contributed by atoms with Crippen molar-refractivity contribution >= 4 is 21.8 Å². The molecule has 1 heterocycles. The van der Waals surface area contributed by atoms with Crippen molar-refractivity contribution in [1.82, 2.24) is 14.9 Å². The average Bonchev–Trinajstić information content (AvgIpc) is 2.76. The Labute approximate surface area is 175 Å². The van der Waals surface area contributed by atoms with E-state index in [1.165, 1.54) is 16.3 Å². The first-order valence-corrected chi connectivity index (χ1v) is 10.6. The second-order valence-corrected chi connectivity index (χ2v) is 7.81. The lowest BCUT2D eigenvalue weighted by molar-refractivity contribution is 0.281. The van der Waals surface area contributed by atoms with Gasteiger partial charge in [0.05, 0.1) is 11.0 Å². The van der Waals surface area contributed by atoms with Crippen LogP contribution in [0.4, 0.5) is 0 Å². The van der Waals surface area contributed by atoms with E-state index in [1.807, 2.05) is 18.2 Å². The predicted octanol–water partition coefficient (Wildman–Crippen LogP) is 3.87. The maximum atomic E-state index is 11.6. The molecule has 3 aromatic carbocycles. The lowest BCUT2D eigenvalue weighted by Gasteiger charge is -2.22. The summed E-state index contributed by atoms with van der Waals surface area (Å²) in [6.07, 6.45) is 3.04. The molecular formula is C25H27N3O2. The normalized spacial score (nSPS) is 11.5. The number of rotatable bonds is 8. The summed E-state index contributed by atoms with van der Waals surface area (Å²) < 4.78 is 0. The van der Waals surface area contributed by atoms with Gasteiger partial charge in [0.2, 0.25) is 0 Å². The molecule has 0 fully saturated rings. The molecule has 0 aliphatic rings. The van der Waals surface area contributed by atoms with Crippen LogP contribution in [0.15, 0.2) is 70.3 Å². The average molecular weight is 402 g/mol. The van der Waals surface area contributed by atoms with Crippen molar-refractivity contribution in [1.29, 1.82) is 0 Å². The van der Waals surface area contributed by atoms with Crippen LogP contribution in [0.5, 0.6) is 0 Å². The van der Waals surface area contributed by atoms with Crippen LogP contribution < -0.4 is 11.1 Å². The van der Waals surface area contributed by atoms with Gasteiger partial charge in [0.15, 0.2) is 0 Å². The van der Waals surface area contributed by atoms with Crippen molar-refractivity contribution in [3.8, 4) is 0 Å². The Morgan fingerprint density at radius 2 is 1.33 bits per heavy atom. The maximum Gasteiger partial charge on any atom is 0.314 e. The van der Waals surface area contributed by atoms with E-state index >= 15 is 0 Å². The summed E-state index contributed by atoms with van der Waals surface area (Å²) >= 11 is 0. The summed E-state index contributed by atoms with van der Waals surface area (Å²) in [6, 6.07) is 21.0. The number of hydrogen-bond donors (Lipinski definition) is 2. The van der Waals surface area contributed by atoms with Crippen molar-refractivity contribution in [2.75, 3.05) is 19.6 Å². The van der Waals surface area contributed by atoms with E-state index in [4.69, 9.17) is 0 Å². The Morgan fingerprint density at radius 1 is 0.700 bits per heavy atom. The van der Waals surface area contributed by atoms with E-state index in [1.54, 1.807) is 0 Å². The third kappa shape index (κ3) is 4.69. The van der Waals surface area contributed by atoms with Gasteiger partial charge in [-0.05, 0) is 59.8 Å². The SMILES string of the molecule is CCCN(CCc1ccc2ccccc2c1)CCc1ccc2[nH]c(=O)c(=O)[nH]c2c1. The molecule has 30 heavy (non-hydrogen) atoms. The molecule has 5 nitrogen and oxygen atoms in total. The molecule has 0 saturated heterocycles. The Hall–Kier alpha value is -3.18. The maximum absolute atomic E-state index is 11.6. The topological polar surface area (TPSA) is 69.0 Å². The standard InChI is InChI=1S/C25H27N3O2/c1-2-13-28(14-11-18-7-9-20-5-3-4-6-21(20)16-18)15-12-19-8-10-22-23(17-19)27-25(30)24(29)26-22/h3-10,16-17H,2,11-15H2,1H3,(H,26,29)(H,27,30). The molecule has 0 aliphatic heterocycles. The van der Waals surface area contributed by atoms with Crippen LogP contribution >= 0.6 is 0 Å². The number of aromatic amines is 2. The van der Waals surface area contributed by atoms with E-state index in [0.29, 0.717) is 11.0 Å². The van der Waals surface area contributed by atoms with Gasteiger partial charge < -0.3 is 14.9 Å². The fourth-order valence-corrected chi connectivity index (χ4v) is 3.94. The summed E-state index contributed by atoms with van der Waals surface area (Å²) in [6.45, 7) is 5.25. The zero-order valence-corrected chi connectivity index (χ0v) is 17.3. The smallest absolute Gasteiger partial charge is 0.314 e. The molecule has 0 amide bonds. The zero-order chi connectivity index (χ0) is 20.9. The third-order valence-corrected chi connectivity index (χ3v) is 5.57. The lowest BCUT2D eigenvalue weighted by Crippen LogP contribution is -2.29. The van der Waals surface area contributed by atoms with Gasteiger partial charge in [0.1, 0.15) is 0 Å². The number of fused-ring (bicyclic) bond motifs is 2. The van der Waals surface area contributed by atoms with E-state index in [0.717, 1.165) is 44.5 Å². The minimum absolute atomic E-state index is 0.609. The van der Waals surface area contributed by atoms with Crippen LogP contribution in [0, 0.1) is 0 Å². The molecule has 5 heteroatoms. The molecule has 1 aromatic heterocycles. The number of nitrogens with one attached hydrogen (secondary N) is 2. The van der Waals surface area contributed by atoms with Crippen LogP contribution in [0.3, 0.4) is 0 Å². The molecule has 0 saturated carbocycles. The van der Waals surface area contributed by atoms with Crippen molar-refractivity contribution in [3.63, 3.8) is 0 Å². The van der Waals surface area contributed by atoms with Gasteiger partial charge in [0.25, 0.3) is 0 Å². The first-order valence-electron chi connectivity index (χ1n) is 10.6. The molecule has 0 bridgehead atoms. The fourth-order valence-electron chi connectivity index (χ4n) is 3.94. The van der Waals surface area contributed by atoms with Crippen molar-refractivity contribution in [3.05, 3.63) is 92.5 Å². The number of benzene rings is 3. The van der Waals surface area contributed by atoms with Crippen molar-refractivity contribution in [2.24, 2.45) is 0 Å². The number of nitrogens with zero attached hydrogens (tertiary/aromatic N) is 1. The summed E-state index contributed by atoms with van der Waals surface area (Å²) in [5.41, 5.74) is 2.63. The molecule has 4 rings (SSSR count). The summed E-state index contributed by atoms with van der Waals surface area (Å²) in [5, 5.41) is 2.57. The predicted molar refractivity (Wildman–Crippen MR) is 123 cm³/mol. The van der Waals surface area contributed by atoms with E-state index in [9.17, 15) is 9.59 Å². The van der Waals surface area contributed by atoms with Crippen LogP contribution in [0.2, 0.25) is 0 Å². The molecule has 4 aromatic rings. The van der Waals surface area contributed by atoms with Crippen LogP contribution in [-0.4, -0.2) is 34.5 Å². The summed E-state index contributed by atoms with van der Waals surface area (Å²) in [7, 11) is 0. The molecule has 154 valence electrons. The van der Waals surface area contributed by atoms with Crippen molar-refractivity contribution < 1.29 is 0 Å². The summed E-state index contributed by atoms with van der Waals surface area (Å²) in [5.74, 6) is 0. The van der Waals surface area contributed by atoms with Gasteiger partial charge in [-0.3, -0.25) is 9.59 Å². The first kappa shape index (κ1) is 20.1. The van der Waals surface area contributed by atoms with Gasteiger partial charge in [-0.1, -0.05) is 55.5 Å². The highest BCUT2D eigenvalue weighted by Gasteiger charge is 2.07. The van der Waals surface area contributed by atoms with Gasteiger partial charge in [-0.2, -0.15) is 0 Å². The lowest BCUT2D eigenvalue weighted by atomic mass is 10.0. The molecule has 0 spiro atoms.